The number of allylic oxidation sites excluding steroid dienone is 14. The Hall–Kier alpha value is -3.41. The van der Waals surface area contributed by atoms with Crippen molar-refractivity contribution < 1.29 is 28.6 Å². The summed E-state index contributed by atoms with van der Waals surface area (Å²) >= 11 is 0. The number of hydrogen-bond donors (Lipinski definition) is 0. The number of ether oxygens (including phenoxy) is 3. The highest BCUT2D eigenvalue weighted by atomic mass is 16.6. The van der Waals surface area contributed by atoms with Gasteiger partial charge in [0.1, 0.15) is 13.2 Å². The van der Waals surface area contributed by atoms with Gasteiger partial charge in [-0.2, -0.15) is 0 Å². The first-order valence-corrected chi connectivity index (χ1v) is 35.1. The van der Waals surface area contributed by atoms with E-state index < -0.39 is 6.10 Å². The van der Waals surface area contributed by atoms with Crippen molar-refractivity contribution in [3.05, 3.63) is 85.1 Å². The third-order valence-electron chi connectivity index (χ3n) is 15.3. The highest BCUT2D eigenvalue weighted by molar-refractivity contribution is 5.71. The van der Waals surface area contributed by atoms with E-state index in [1.54, 1.807) is 0 Å². The minimum absolute atomic E-state index is 0.0841. The summed E-state index contributed by atoms with van der Waals surface area (Å²) in [6.45, 7) is 6.59. The monoisotopic (exact) mass is 1130 g/mol. The fraction of sp³-hybridized carbons (Fsp3) is 0.773. The van der Waals surface area contributed by atoms with Crippen molar-refractivity contribution in [2.45, 2.75) is 361 Å². The van der Waals surface area contributed by atoms with Gasteiger partial charge in [-0.3, -0.25) is 14.4 Å². The average Bonchev–Trinajstić information content (AvgIpc) is 3.47. The summed E-state index contributed by atoms with van der Waals surface area (Å²) in [7, 11) is 0. The zero-order chi connectivity index (χ0) is 58.5. The number of hydrogen-bond acceptors (Lipinski definition) is 6. The van der Waals surface area contributed by atoms with Gasteiger partial charge in [-0.05, 0) is 122 Å². The first kappa shape index (κ1) is 77.6. The van der Waals surface area contributed by atoms with Crippen LogP contribution in [0.1, 0.15) is 355 Å². The van der Waals surface area contributed by atoms with Gasteiger partial charge in [-0.1, -0.05) is 298 Å². The zero-order valence-corrected chi connectivity index (χ0v) is 53.8. The first-order valence-electron chi connectivity index (χ1n) is 35.1. The van der Waals surface area contributed by atoms with E-state index in [1.165, 1.54) is 199 Å². The van der Waals surface area contributed by atoms with Gasteiger partial charge in [0.15, 0.2) is 6.10 Å². The SMILES string of the molecule is CCCCC/C=C\C/C=C\CCCCCCCC(=O)OCC(COC(=O)CCCCCCCCCCCCCCCCCCCC/C=C\C/C=C\C/C=C\CCCCCCC)OC(=O)CCCCCCC/C=C\C/C=C\CCCCC. The molecule has 0 N–H and O–H groups in total. The predicted octanol–water partition coefficient (Wildman–Crippen LogP) is 24.2. The standard InChI is InChI=1S/C75H132O6/c1-4-7-10-13-16-19-22-25-28-29-30-31-32-33-34-35-36-37-38-39-40-41-42-43-44-45-48-50-53-56-59-62-65-68-74(77)80-71-72(81-75(78)69-66-63-60-57-54-51-47-27-24-21-18-15-12-9-6-3)70-79-73(76)67-64-61-58-55-52-49-46-26-23-20-17-14-11-8-5-2/h17-18,20-22,25-27,29-30,32-33,46-47,72H,4-16,19,23-24,28,31,34-45,48-71H2,1-3H3/b20-17-,21-18-,25-22-,30-29-,33-32-,46-26-,47-27-. The highest BCUT2D eigenvalue weighted by Gasteiger charge is 2.19. The normalized spacial score (nSPS) is 12.6. The molecule has 0 spiro atoms. The molecule has 0 radical (unpaired) electrons. The van der Waals surface area contributed by atoms with Crippen molar-refractivity contribution in [2.75, 3.05) is 13.2 Å². The smallest absolute Gasteiger partial charge is 0.306 e. The number of rotatable bonds is 64. The number of carbonyl (C=O) groups excluding carboxylic acids is 3. The van der Waals surface area contributed by atoms with Crippen LogP contribution in [0.4, 0.5) is 0 Å². The van der Waals surface area contributed by atoms with Crippen LogP contribution >= 0.6 is 0 Å². The Kier molecular flexibility index (Phi) is 66.2. The van der Waals surface area contributed by atoms with E-state index in [1.807, 2.05) is 0 Å². The van der Waals surface area contributed by atoms with Crippen molar-refractivity contribution >= 4 is 17.9 Å². The van der Waals surface area contributed by atoms with Crippen molar-refractivity contribution in [1.82, 2.24) is 0 Å². The van der Waals surface area contributed by atoms with Gasteiger partial charge >= 0.3 is 17.9 Å². The Morgan fingerprint density at radius 2 is 0.444 bits per heavy atom. The number of carbonyl (C=O) groups is 3. The molecular formula is C75H132O6. The Morgan fingerprint density at radius 1 is 0.247 bits per heavy atom. The van der Waals surface area contributed by atoms with Crippen molar-refractivity contribution in [2.24, 2.45) is 0 Å². The second-order valence-corrected chi connectivity index (χ2v) is 23.4. The van der Waals surface area contributed by atoms with Gasteiger partial charge in [0.05, 0.1) is 0 Å². The van der Waals surface area contributed by atoms with Crippen LogP contribution in [0.5, 0.6) is 0 Å². The van der Waals surface area contributed by atoms with Gasteiger partial charge < -0.3 is 14.2 Å². The molecule has 0 aliphatic rings. The van der Waals surface area contributed by atoms with Crippen molar-refractivity contribution in [3.63, 3.8) is 0 Å². The Bertz CT molecular complexity index is 1530. The lowest BCUT2D eigenvalue weighted by Gasteiger charge is -2.18. The highest BCUT2D eigenvalue weighted by Crippen LogP contribution is 2.17. The molecular weight excluding hydrogens is 997 g/mol. The maximum Gasteiger partial charge on any atom is 0.306 e. The van der Waals surface area contributed by atoms with Gasteiger partial charge in [-0.15, -0.1) is 0 Å². The fourth-order valence-electron chi connectivity index (χ4n) is 10.0. The summed E-state index contributed by atoms with van der Waals surface area (Å²) in [6.07, 6.45) is 91.9. The third-order valence-corrected chi connectivity index (χ3v) is 15.3. The van der Waals surface area contributed by atoms with E-state index in [0.717, 1.165) is 116 Å². The minimum atomic E-state index is -0.790. The lowest BCUT2D eigenvalue weighted by atomic mass is 10.0. The summed E-state index contributed by atoms with van der Waals surface area (Å²) in [5, 5.41) is 0. The molecule has 0 aromatic rings. The van der Waals surface area contributed by atoms with E-state index in [9.17, 15) is 14.4 Å². The molecule has 0 saturated carbocycles. The van der Waals surface area contributed by atoms with E-state index in [4.69, 9.17) is 14.2 Å². The zero-order valence-electron chi connectivity index (χ0n) is 53.8. The fourth-order valence-corrected chi connectivity index (χ4v) is 10.0. The average molecular weight is 1130 g/mol. The summed E-state index contributed by atoms with van der Waals surface area (Å²) in [4.78, 5) is 38.3. The van der Waals surface area contributed by atoms with Crippen LogP contribution in [-0.4, -0.2) is 37.2 Å². The molecule has 0 aromatic heterocycles. The molecule has 6 nitrogen and oxygen atoms in total. The molecule has 0 amide bonds. The Morgan fingerprint density at radius 3 is 0.716 bits per heavy atom. The molecule has 1 unspecified atom stereocenters. The summed E-state index contributed by atoms with van der Waals surface area (Å²) in [6, 6.07) is 0. The Balaban J connectivity index is 4.18. The molecule has 0 fully saturated rings. The first-order chi connectivity index (χ1) is 40.0. The van der Waals surface area contributed by atoms with Gasteiger partial charge in [-0.25, -0.2) is 0 Å². The molecule has 468 valence electrons. The molecule has 6 heteroatoms. The predicted molar refractivity (Wildman–Crippen MR) is 353 cm³/mol. The summed E-state index contributed by atoms with van der Waals surface area (Å²) in [5.41, 5.74) is 0. The van der Waals surface area contributed by atoms with E-state index in [2.05, 4.69) is 106 Å². The van der Waals surface area contributed by atoms with Crippen LogP contribution in [0.2, 0.25) is 0 Å². The molecule has 0 aliphatic heterocycles. The molecule has 0 heterocycles. The maximum atomic E-state index is 12.9. The van der Waals surface area contributed by atoms with E-state index in [0.29, 0.717) is 19.3 Å². The van der Waals surface area contributed by atoms with Gasteiger partial charge in [0.25, 0.3) is 0 Å². The van der Waals surface area contributed by atoms with Gasteiger partial charge in [0.2, 0.25) is 0 Å². The molecule has 0 aliphatic carbocycles. The minimum Gasteiger partial charge on any atom is -0.462 e. The number of esters is 3. The third kappa shape index (κ3) is 67.3. The van der Waals surface area contributed by atoms with Crippen molar-refractivity contribution in [1.29, 1.82) is 0 Å². The topological polar surface area (TPSA) is 78.9 Å². The van der Waals surface area contributed by atoms with E-state index >= 15 is 0 Å². The van der Waals surface area contributed by atoms with Crippen LogP contribution in [-0.2, 0) is 28.6 Å². The largest absolute Gasteiger partial charge is 0.462 e. The quantitative estimate of drug-likeness (QED) is 0.0261. The summed E-state index contributed by atoms with van der Waals surface area (Å²) in [5.74, 6) is -0.897. The van der Waals surface area contributed by atoms with Crippen LogP contribution in [0.25, 0.3) is 0 Å². The second kappa shape index (κ2) is 69.1. The molecule has 0 rings (SSSR count). The molecule has 81 heavy (non-hydrogen) atoms. The van der Waals surface area contributed by atoms with Crippen molar-refractivity contribution in [3.8, 4) is 0 Å². The molecule has 1 atom stereocenters. The van der Waals surface area contributed by atoms with Gasteiger partial charge in [0, 0.05) is 19.3 Å². The lowest BCUT2D eigenvalue weighted by molar-refractivity contribution is -0.167. The maximum absolute atomic E-state index is 12.9. The van der Waals surface area contributed by atoms with Crippen LogP contribution < -0.4 is 0 Å². The number of unbranched alkanes of at least 4 members (excludes halogenated alkanes) is 39. The van der Waals surface area contributed by atoms with Crippen LogP contribution in [0.15, 0.2) is 85.1 Å². The molecule has 0 bridgehead atoms. The second-order valence-electron chi connectivity index (χ2n) is 23.4. The Labute approximate surface area is 503 Å². The lowest BCUT2D eigenvalue weighted by Crippen LogP contribution is -2.30. The molecule has 0 saturated heterocycles. The van der Waals surface area contributed by atoms with E-state index in [-0.39, 0.29) is 31.1 Å². The summed E-state index contributed by atoms with van der Waals surface area (Å²) < 4.78 is 16.9. The molecule has 0 aromatic carbocycles. The van der Waals surface area contributed by atoms with Crippen LogP contribution in [0, 0.1) is 0 Å². The van der Waals surface area contributed by atoms with Crippen LogP contribution in [0.3, 0.4) is 0 Å².